The van der Waals surface area contributed by atoms with Crippen molar-refractivity contribution in [2.24, 2.45) is 0 Å². The van der Waals surface area contributed by atoms with Crippen molar-refractivity contribution in [3.05, 3.63) is 35.4 Å². The number of aryl methyl sites for hydroxylation is 1. The van der Waals surface area contributed by atoms with Crippen LogP contribution in [0.3, 0.4) is 0 Å². The number of hydrogen-bond acceptors (Lipinski definition) is 3. The largest absolute Gasteiger partial charge is 0.459 e. The van der Waals surface area contributed by atoms with E-state index in [2.05, 4.69) is 11.4 Å². The van der Waals surface area contributed by atoms with Gasteiger partial charge in [0.15, 0.2) is 0 Å². The zero-order chi connectivity index (χ0) is 15.5. The first-order chi connectivity index (χ1) is 9.87. The first-order valence-electron chi connectivity index (χ1n) is 7.44. The van der Waals surface area contributed by atoms with Gasteiger partial charge in [-0.1, -0.05) is 24.3 Å². The lowest BCUT2D eigenvalue weighted by atomic mass is 9.82. The first-order valence-corrected chi connectivity index (χ1v) is 7.44. The van der Waals surface area contributed by atoms with E-state index in [9.17, 15) is 9.59 Å². The van der Waals surface area contributed by atoms with Crippen LogP contribution >= 0.6 is 0 Å². The Morgan fingerprint density at radius 2 is 2.00 bits per heavy atom. The van der Waals surface area contributed by atoms with Crippen LogP contribution in [0.4, 0.5) is 0 Å². The smallest absolute Gasteiger partial charge is 0.325 e. The fourth-order valence-electron chi connectivity index (χ4n) is 2.69. The third-order valence-electron chi connectivity index (χ3n) is 3.51. The molecular weight excluding hydrogens is 266 g/mol. The van der Waals surface area contributed by atoms with E-state index in [-0.39, 0.29) is 18.4 Å². The Morgan fingerprint density at radius 1 is 1.29 bits per heavy atom. The van der Waals surface area contributed by atoms with Crippen molar-refractivity contribution in [2.45, 2.75) is 51.6 Å². The summed E-state index contributed by atoms with van der Waals surface area (Å²) in [7, 11) is 0. The van der Waals surface area contributed by atoms with Crippen LogP contribution in [0.1, 0.15) is 50.7 Å². The Kier molecular flexibility index (Phi) is 4.66. The number of fused-ring (bicyclic) bond motifs is 1. The maximum atomic E-state index is 12.3. The molecule has 21 heavy (non-hydrogen) atoms. The molecule has 0 fully saturated rings. The van der Waals surface area contributed by atoms with E-state index in [0.717, 1.165) is 24.8 Å². The molecule has 1 aromatic carbocycles. The Balaban J connectivity index is 1.95. The van der Waals surface area contributed by atoms with Gasteiger partial charge < -0.3 is 10.1 Å². The van der Waals surface area contributed by atoms with Crippen LogP contribution < -0.4 is 5.32 Å². The molecule has 1 aliphatic carbocycles. The molecule has 0 heterocycles. The van der Waals surface area contributed by atoms with E-state index in [0.29, 0.717) is 0 Å². The predicted octanol–water partition coefficient (Wildman–Crippen LogP) is 2.56. The lowest BCUT2D eigenvalue weighted by Gasteiger charge is -2.25. The molecule has 0 bridgehead atoms. The van der Waals surface area contributed by atoms with Crippen LogP contribution in [0.15, 0.2) is 24.3 Å². The maximum absolute atomic E-state index is 12.3. The highest BCUT2D eigenvalue weighted by molar-refractivity contribution is 5.87. The monoisotopic (exact) mass is 289 g/mol. The number of benzene rings is 1. The minimum atomic E-state index is -0.529. The summed E-state index contributed by atoms with van der Waals surface area (Å²) in [4.78, 5) is 24.0. The second-order valence-corrected chi connectivity index (χ2v) is 6.45. The molecule has 2 rings (SSSR count). The molecule has 1 N–H and O–H groups in total. The lowest BCUT2D eigenvalue weighted by Crippen LogP contribution is -2.37. The van der Waals surface area contributed by atoms with Gasteiger partial charge in [0.05, 0.1) is 5.92 Å². The molecule has 114 valence electrons. The summed E-state index contributed by atoms with van der Waals surface area (Å²) in [5.74, 6) is -0.648. The number of ether oxygens (including phenoxy) is 1. The van der Waals surface area contributed by atoms with Crippen molar-refractivity contribution in [1.82, 2.24) is 5.32 Å². The quantitative estimate of drug-likeness (QED) is 0.870. The van der Waals surface area contributed by atoms with Crippen molar-refractivity contribution in [3.63, 3.8) is 0 Å². The highest BCUT2D eigenvalue weighted by Crippen LogP contribution is 2.31. The standard InChI is InChI=1S/C17H23NO3/c1-17(2,3)21-15(19)11-18-16(20)14-10-6-8-12-7-4-5-9-13(12)14/h4-5,7,9,14H,6,8,10-11H2,1-3H3,(H,18,20). The summed E-state index contributed by atoms with van der Waals surface area (Å²) in [6.07, 6.45) is 2.85. The zero-order valence-corrected chi connectivity index (χ0v) is 12.9. The van der Waals surface area contributed by atoms with E-state index < -0.39 is 11.6 Å². The van der Waals surface area contributed by atoms with Crippen LogP contribution in [0.5, 0.6) is 0 Å². The molecule has 1 aliphatic rings. The maximum Gasteiger partial charge on any atom is 0.325 e. The van der Waals surface area contributed by atoms with Gasteiger partial charge in [-0.2, -0.15) is 0 Å². The van der Waals surface area contributed by atoms with Crippen molar-refractivity contribution in [3.8, 4) is 0 Å². The van der Waals surface area contributed by atoms with Crippen molar-refractivity contribution >= 4 is 11.9 Å². The van der Waals surface area contributed by atoms with Gasteiger partial charge in [-0.05, 0) is 51.2 Å². The predicted molar refractivity (Wildman–Crippen MR) is 81.0 cm³/mol. The zero-order valence-electron chi connectivity index (χ0n) is 12.9. The highest BCUT2D eigenvalue weighted by Gasteiger charge is 2.26. The molecule has 0 saturated carbocycles. The number of carbonyl (C=O) groups is 2. The fourth-order valence-corrected chi connectivity index (χ4v) is 2.69. The molecule has 0 radical (unpaired) electrons. The van der Waals surface area contributed by atoms with Crippen molar-refractivity contribution in [1.29, 1.82) is 0 Å². The van der Waals surface area contributed by atoms with E-state index in [4.69, 9.17) is 4.74 Å². The fraction of sp³-hybridized carbons (Fsp3) is 0.529. The average molecular weight is 289 g/mol. The van der Waals surface area contributed by atoms with Crippen molar-refractivity contribution < 1.29 is 14.3 Å². The second-order valence-electron chi connectivity index (χ2n) is 6.45. The summed E-state index contributed by atoms with van der Waals surface area (Å²) in [5, 5.41) is 2.70. The topological polar surface area (TPSA) is 55.4 Å². The van der Waals surface area contributed by atoms with Gasteiger partial charge in [0.25, 0.3) is 0 Å². The van der Waals surface area contributed by atoms with Crippen LogP contribution in [0, 0.1) is 0 Å². The van der Waals surface area contributed by atoms with Gasteiger partial charge in [0.2, 0.25) is 5.91 Å². The molecule has 1 atom stereocenters. The van der Waals surface area contributed by atoms with E-state index in [1.165, 1.54) is 5.56 Å². The number of carbonyl (C=O) groups excluding carboxylic acids is 2. The van der Waals surface area contributed by atoms with E-state index in [1.807, 2.05) is 39.0 Å². The molecule has 0 aliphatic heterocycles. The minimum absolute atomic E-state index is 0.0746. The number of esters is 1. The molecule has 4 heteroatoms. The van der Waals surface area contributed by atoms with Gasteiger partial charge in [-0.3, -0.25) is 9.59 Å². The molecule has 0 aromatic heterocycles. The van der Waals surface area contributed by atoms with Crippen LogP contribution in [0.2, 0.25) is 0 Å². The minimum Gasteiger partial charge on any atom is -0.459 e. The number of rotatable bonds is 3. The summed E-state index contributed by atoms with van der Waals surface area (Å²) < 4.78 is 5.19. The molecular formula is C17H23NO3. The summed E-state index contributed by atoms with van der Waals surface area (Å²) in [6, 6.07) is 8.03. The Labute approximate surface area is 125 Å². The van der Waals surface area contributed by atoms with E-state index in [1.54, 1.807) is 0 Å². The molecule has 0 saturated heterocycles. The SMILES string of the molecule is CC(C)(C)OC(=O)CNC(=O)C1CCCc2ccccc21. The first kappa shape index (κ1) is 15.5. The summed E-state index contributed by atoms with van der Waals surface area (Å²) in [6.45, 7) is 5.35. The van der Waals surface area contributed by atoms with Gasteiger partial charge >= 0.3 is 5.97 Å². The third kappa shape index (κ3) is 4.31. The molecule has 1 aromatic rings. The van der Waals surface area contributed by atoms with Crippen LogP contribution in [-0.4, -0.2) is 24.0 Å². The molecule has 1 amide bonds. The number of amides is 1. The molecule has 1 unspecified atom stereocenters. The molecule has 4 nitrogen and oxygen atoms in total. The highest BCUT2D eigenvalue weighted by atomic mass is 16.6. The van der Waals surface area contributed by atoms with Crippen LogP contribution in [-0.2, 0) is 20.7 Å². The second kappa shape index (κ2) is 6.29. The summed E-state index contributed by atoms with van der Waals surface area (Å²) in [5.41, 5.74) is 1.80. The number of nitrogens with one attached hydrogen (secondary N) is 1. The summed E-state index contributed by atoms with van der Waals surface area (Å²) >= 11 is 0. The van der Waals surface area contributed by atoms with E-state index >= 15 is 0 Å². The Bertz CT molecular complexity index is 531. The van der Waals surface area contributed by atoms with Gasteiger partial charge in [0.1, 0.15) is 12.1 Å². The Morgan fingerprint density at radius 3 is 2.71 bits per heavy atom. The third-order valence-corrected chi connectivity index (χ3v) is 3.51. The van der Waals surface area contributed by atoms with Gasteiger partial charge in [-0.15, -0.1) is 0 Å². The van der Waals surface area contributed by atoms with Crippen molar-refractivity contribution in [2.75, 3.05) is 6.54 Å². The molecule has 0 spiro atoms. The average Bonchev–Trinajstić information content (AvgIpc) is 2.42. The normalized spacial score (nSPS) is 17.8. The number of hydrogen-bond donors (Lipinski definition) is 1. The lowest BCUT2D eigenvalue weighted by molar-refractivity contribution is -0.154. The van der Waals surface area contributed by atoms with Gasteiger partial charge in [-0.25, -0.2) is 0 Å². The van der Waals surface area contributed by atoms with Gasteiger partial charge in [0, 0.05) is 0 Å². The van der Waals surface area contributed by atoms with Crippen LogP contribution in [0.25, 0.3) is 0 Å². The Hall–Kier alpha value is -1.84.